The lowest BCUT2D eigenvalue weighted by molar-refractivity contribution is -0.122. The van der Waals surface area contributed by atoms with Crippen LogP contribution in [0.4, 0.5) is 11.4 Å². The second-order valence-corrected chi connectivity index (χ2v) is 6.47. The Labute approximate surface area is 144 Å². The van der Waals surface area contributed by atoms with Crippen molar-refractivity contribution in [1.82, 2.24) is 0 Å². The molecule has 124 valence electrons. The molecular formula is C18H18N2O3S. The average molecular weight is 342 g/mol. The molecule has 0 radical (unpaired) electrons. The molecule has 0 unspecified atom stereocenters. The Bertz CT molecular complexity index is 749. The maximum atomic E-state index is 12.0. The number of amides is 2. The normalized spacial score (nSPS) is 15.9. The van der Waals surface area contributed by atoms with Crippen molar-refractivity contribution in [3.8, 4) is 5.75 Å². The molecule has 1 atom stereocenters. The minimum atomic E-state index is -0.507. The lowest BCUT2D eigenvalue weighted by Gasteiger charge is -2.23. The number of fused-ring (bicyclic) bond motifs is 1. The highest BCUT2D eigenvalue weighted by atomic mass is 32.2. The summed E-state index contributed by atoms with van der Waals surface area (Å²) < 4.78 is 5.49. The van der Waals surface area contributed by atoms with E-state index in [4.69, 9.17) is 4.74 Å². The summed E-state index contributed by atoms with van der Waals surface area (Å²) in [5.74, 6) is 1.50. The quantitative estimate of drug-likeness (QED) is 0.875. The predicted molar refractivity (Wildman–Crippen MR) is 96.4 cm³/mol. The third-order valence-electron chi connectivity index (χ3n) is 3.54. The number of rotatable bonds is 5. The fourth-order valence-corrected chi connectivity index (χ4v) is 3.11. The van der Waals surface area contributed by atoms with Crippen molar-refractivity contribution in [1.29, 1.82) is 0 Å². The van der Waals surface area contributed by atoms with Crippen LogP contribution in [-0.2, 0) is 15.3 Å². The summed E-state index contributed by atoms with van der Waals surface area (Å²) in [6.45, 7) is 1.69. The van der Waals surface area contributed by atoms with E-state index in [2.05, 4.69) is 10.6 Å². The molecule has 2 aromatic carbocycles. The Morgan fingerprint density at radius 1 is 1.25 bits per heavy atom. The van der Waals surface area contributed by atoms with Gasteiger partial charge < -0.3 is 15.4 Å². The minimum absolute atomic E-state index is 0.0766. The molecule has 0 aliphatic carbocycles. The third-order valence-corrected chi connectivity index (χ3v) is 4.54. The standard InChI is InChI=1S/C18H18N2O3S/c1-12-18(22)20-15-9-14(7-8-16(15)23-12)19-17(21)11-24-10-13-5-3-2-4-6-13/h2-9,12H,10-11H2,1H3,(H,19,21)(H,20,22)/t12-/m0/s1. The molecule has 0 saturated heterocycles. The van der Waals surface area contributed by atoms with Gasteiger partial charge in [0.05, 0.1) is 11.4 Å². The van der Waals surface area contributed by atoms with Crippen LogP contribution in [0.15, 0.2) is 48.5 Å². The van der Waals surface area contributed by atoms with Crippen LogP contribution in [0.3, 0.4) is 0 Å². The number of carbonyl (C=O) groups excluding carboxylic acids is 2. The molecule has 2 amide bonds. The van der Waals surface area contributed by atoms with Crippen molar-refractivity contribution >= 4 is 35.0 Å². The summed E-state index contributed by atoms with van der Waals surface area (Å²) in [6.07, 6.45) is -0.507. The van der Waals surface area contributed by atoms with Crippen molar-refractivity contribution in [2.24, 2.45) is 0 Å². The van der Waals surface area contributed by atoms with Crippen molar-refractivity contribution in [3.05, 3.63) is 54.1 Å². The monoisotopic (exact) mass is 342 g/mol. The zero-order chi connectivity index (χ0) is 16.9. The second kappa shape index (κ2) is 7.40. The number of carbonyl (C=O) groups is 2. The maximum absolute atomic E-state index is 12.0. The smallest absolute Gasteiger partial charge is 0.265 e. The van der Waals surface area contributed by atoms with Gasteiger partial charge in [0.15, 0.2) is 6.10 Å². The zero-order valence-corrected chi connectivity index (χ0v) is 14.1. The van der Waals surface area contributed by atoms with E-state index < -0.39 is 6.10 Å². The van der Waals surface area contributed by atoms with Crippen molar-refractivity contribution < 1.29 is 14.3 Å². The van der Waals surface area contributed by atoms with Crippen LogP contribution in [0.1, 0.15) is 12.5 Å². The van der Waals surface area contributed by atoms with Gasteiger partial charge in [-0.3, -0.25) is 9.59 Å². The first-order chi connectivity index (χ1) is 11.6. The Morgan fingerprint density at radius 3 is 2.83 bits per heavy atom. The van der Waals surface area contributed by atoms with Crippen LogP contribution >= 0.6 is 11.8 Å². The summed E-state index contributed by atoms with van der Waals surface area (Å²) in [7, 11) is 0. The van der Waals surface area contributed by atoms with Gasteiger partial charge in [0, 0.05) is 11.4 Å². The lowest BCUT2D eigenvalue weighted by Crippen LogP contribution is -2.34. The van der Waals surface area contributed by atoms with Crippen molar-refractivity contribution in [2.75, 3.05) is 16.4 Å². The first-order valence-electron chi connectivity index (χ1n) is 7.65. The number of nitrogens with one attached hydrogen (secondary N) is 2. The van der Waals surface area contributed by atoms with Crippen molar-refractivity contribution in [3.63, 3.8) is 0 Å². The van der Waals surface area contributed by atoms with E-state index in [0.717, 1.165) is 5.75 Å². The predicted octanol–water partition coefficient (Wildman–Crippen LogP) is 3.28. The van der Waals surface area contributed by atoms with Crippen LogP contribution in [0.25, 0.3) is 0 Å². The van der Waals surface area contributed by atoms with E-state index in [1.165, 1.54) is 5.56 Å². The van der Waals surface area contributed by atoms with E-state index in [0.29, 0.717) is 22.9 Å². The van der Waals surface area contributed by atoms with Crippen LogP contribution < -0.4 is 15.4 Å². The molecule has 2 aromatic rings. The highest BCUT2D eigenvalue weighted by Gasteiger charge is 2.23. The van der Waals surface area contributed by atoms with Crippen LogP contribution in [0.2, 0.25) is 0 Å². The van der Waals surface area contributed by atoms with Crippen LogP contribution in [0.5, 0.6) is 5.75 Å². The third kappa shape index (κ3) is 4.08. The summed E-state index contributed by atoms with van der Waals surface area (Å²) in [4.78, 5) is 23.7. The van der Waals surface area contributed by atoms with E-state index in [9.17, 15) is 9.59 Å². The van der Waals surface area contributed by atoms with Gasteiger partial charge in [-0.15, -0.1) is 11.8 Å². The van der Waals surface area contributed by atoms with Crippen molar-refractivity contribution in [2.45, 2.75) is 18.8 Å². The first-order valence-corrected chi connectivity index (χ1v) is 8.80. The van der Waals surface area contributed by atoms with E-state index in [-0.39, 0.29) is 11.8 Å². The summed E-state index contributed by atoms with van der Waals surface area (Å²) in [6, 6.07) is 15.2. The number of hydrogen-bond donors (Lipinski definition) is 2. The number of anilines is 2. The lowest BCUT2D eigenvalue weighted by atomic mass is 10.2. The van der Waals surface area contributed by atoms with Gasteiger partial charge >= 0.3 is 0 Å². The average Bonchev–Trinajstić information content (AvgIpc) is 2.57. The number of benzene rings is 2. The molecule has 5 nitrogen and oxygen atoms in total. The second-order valence-electron chi connectivity index (χ2n) is 5.49. The maximum Gasteiger partial charge on any atom is 0.265 e. The largest absolute Gasteiger partial charge is 0.479 e. The van der Waals surface area contributed by atoms with Gasteiger partial charge in [-0.2, -0.15) is 0 Å². The minimum Gasteiger partial charge on any atom is -0.479 e. The van der Waals surface area contributed by atoms with Crippen LogP contribution in [0, 0.1) is 0 Å². The molecule has 0 bridgehead atoms. The molecule has 1 heterocycles. The fourth-order valence-electron chi connectivity index (χ4n) is 2.32. The molecule has 1 aliphatic rings. The Morgan fingerprint density at radius 2 is 2.04 bits per heavy atom. The molecule has 0 fully saturated rings. The highest BCUT2D eigenvalue weighted by molar-refractivity contribution is 7.99. The summed E-state index contributed by atoms with van der Waals surface area (Å²) in [5, 5.41) is 5.61. The van der Waals surface area contributed by atoms with E-state index in [1.54, 1.807) is 36.9 Å². The van der Waals surface area contributed by atoms with Gasteiger partial charge in [-0.25, -0.2) is 0 Å². The van der Waals surface area contributed by atoms with E-state index >= 15 is 0 Å². The molecule has 6 heteroatoms. The summed E-state index contributed by atoms with van der Waals surface area (Å²) >= 11 is 1.56. The number of hydrogen-bond acceptors (Lipinski definition) is 4. The van der Waals surface area contributed by atoms with E-state index in [1.807, 2.05) is 30.3 Å². The Balaban J connectivity index is 1.53. The molecule has 1 aliphatic heterocycles. The van der Waals surface area contributed by atoms with Crippen LogP contribution in [-0.4, -0.2) is 23.7 Å². The first kappa shape index (κ1) is 16.4. The van der Waals surface area contributed by atoms with Gasteiger partial charge in [0.1, 0.15) is 5.75 Å². The Hall–Kier alpha value is -2.47. The molecule has 0 aromatic heterocycles. The molecule has 0 spiro atoms. The number of thioether (sulfide) groups is 1. The molecule has 3 rings (SSSR count). The zero-order valence-electron chi connectivity index (χ0n) is 13.2. The van der Waals surface area contributed by atoms with Gasteiger partial charge in [0.2, 0.25) is 5.91 Å². The fraction of sp³-hybridized carbons (Fsp3) is 0.222. The topological polar surface area (TPSA) is 67.4 Å². The Kier molecular flexibility index (Phi) is 5.05. The molecule has 2 N–H and O–H groups in total. The van der Waals surface area contributed by atoms with Gasteiger partial charge in [-0.1, -0.05) is 30.3 Å². The molecule has 0 saturated carbocycles. The SMILES string of the molecule is C[C@@H]1Oc2ccc(NC(=O)CSCc3ccccc3)cc2NC1=O. The van der Waals surface area contributed by atoms with Gasteiger partial charge in [-0.05, 0) is 30.7 Å². The molecular weight excluding hydrogens is 324 g/mol. The number of ether oxygens (including phenoxy) is 1. The molecule has 24 heavy (non-hydrogen) atoms. The highest BCUT2D eigenvalue weighted by Crippen LogP contribution is 2.32. The van der Waals surface area contributed by atoms with Gasteiger partial charge in [0.25, 0.3) is 5.91 Å². The summed E-state index contributed by atoms with van der Waals surface area (Å²) in [5.41, 5.74) is 2.41.